The van der Waals surface area contributed by atoms with Crippen LogP contribution < -0.4 is 4.57 Å². The highest BCUT2D eigenvalue weighted by Gasteiger charge is 2.24. The van der Waals surface area contributed by atoms with Crippen LogP contribution in [-0.2, 0) is 6.54 Å². The van der Waals surface area contributed by atoms with Gasteiger partial charge < -0.3 is 0 Å². The minimum atomic E-state index is 0.774. The molecule has 0 amide bonds. The molecule has 1 nitrogen and oxygen atoms in total. The summed E-state index contributed by atoms with van der Waals surface area (Å²) in [6, 6.07) is 54.2. The van der Waals surface area contributed by atoms with Gasteiger partial charge >= 0.3 is 0 Å². The maximum Gasteiger partial charge on any atom is 0.213 e. The van der Waals surface area contributed by atoms with Crippen molar-refractivity contribution in [1.29, 1.82) is 0 Å². The zero-order valence-electron chi connectivity index (χ0n) is 21.6. The highest BCUT2D eigenvalue weighted by atomic mass is 15.0. The second kappa shape index (κ2) is 10.7. The molecule has 0 bridgehead atoms. The Hall–Kier alpha value is -4.75. The molecule has 0 aliphatic carbocycles. The molecule has 0 saturated heterocycles. The molecule has 6 aromatic rings. The first kappa shape index (κ1) is 23.6. The summed E-state index contributed by atoms with van der Waals surface area (Å²) in [5, 5.41) is 0. The topological polar surface area (TPSA) is 3.88 Å². The van der Waals surface area contributed by atoms with Crippen LogP contribution in [-0.4, -0.2) is 0 Å². The Morgan fingerprint density at radius 2 is 0.868 bits per heavy atom. The Labute approximate surface area is 225 Å². The molecule has 0 N–H and O–H groups in total. The van der Waals surface area contributed by atoms with Gasteiger partial charge in [-0.3, -0.25) is 0 Å². The summed E-state index contributed by atoms with van der Waals surface area (Å²) in [7, 11) is 0. The van der Waals surface area contributed by atoms with Crippen LogP contribution >= 0.6 is 0 Å². The second-order valence-electron chi connectivity index (χ2n) is 9.65. The van der Waals surface area contributed by atoms with Gasteiger partial charge in [-0.25, -0.2) is 0 Å². The van der Waals surface area contributed by atoms with E-state index in [0.29, 0.717) is 0 Å². The van der Waals surface area contributed by atoms with Gasteiger partial charge in [0.05, 0.1) is 0 Å². The number of aromatic nitrogens is 1. The molecule has 0 atom stereocenters. The van der Waals surface area contributed by atoms with Crippen molar-refractivity contribution >= 4 is 0 Å². The SMILES string of the molecule is Cc1c(C[n+]2c(-c3ccccc3)cc(-c3ccccc3)cc2-c2ccccc2)cccc1-c1ccccc1. The number of rotatable bonds is 6. The smallest absolute Gasteiger partial charge is 0.187 e. The minimum Gasteiger partial charge on any atom is -0.187 e. The van der Waals surface area contributed by atoms with Crippen LogP contribution in [0.1, 0.15) is 11.1 Å². The summed E-state index contributed by atoms with van der Waals surface area (Å²) in [4.78, 5) is 0. The number of hydrogen-bond acceptors (Lipinski definition) is 0. The molecule has 1 heteroatoms. The third-order valence-corrected chi connectivity index (χ3v) is 7.27. The molecule has 182 valence electrons. The lowest BCUT2D eigenvalue weighted by Gasteiger charge is -2.15. The summed E-state index contributed by atoms with van der Waals surface area (Å²) >= 11 is 0. The highest BCUT2D eigenvalue weighted by molar-refractivity contribution is 5.74. The maximum absolute atomic E-state index is 2.48. The van der Waals surface area contributed by atoms with E-state index < -0.39 is 0 Å². The largest absolute Gasteiger partial charge is 0.213 e. The molecule has 1 heterocycles. The van der Waals surface area contributed by atoms with Gasteiger partial charge in [0.25, 0.3) is 0 Å². The van der Waals surface area contributed by atoms with Crippen LogP contribution in [0.4, 0.5) is 0 Å². The van der Waals surface area contributed by atoms with Crippen molar-refractivity contribution in [3.8, 4) is 44.8 Å². The van der Waals surface area contributed by atoms with Gasteiger partial charge in [-0.2, -0.15) is 4.57 Å². The first-order chi connectivity index (χ1) is 18.8. The predicted molar refractivity (Wildman–Crippen MR) is 159 cm³/mol. The van der Waals surface area contributed by atoms with Crippen molar-refractivity contribution in [2.75, 3.05) is 0 Å². The van der Waals surface area contributed by atoms with Crippen molar-refractivity contribution in [3.05, 3.63) is 163 Å². The monoisotopic (exact) mass is 488 g/mol. The summed E-state index contributed by atoms with van der Waals surface area (Å²) < 4.78 is 2.48. The zero-order valence-corrected chi connectivity index (χ0v) is 21.6. The molecular weight excluding hydrogens is 458 g/mol. The van der Waals surface area contributed by atoms with Crippen LogP contribution in [0.5, 0.6) is 0 Å². The third-order valence-electron chi connectivity index (χ3n) is 7.27. The van der Waals surface area contributed by atoms with Gasteiger partial charge in [0.1, 0.15) is 0 Å². The number of nitrogens with zero attached hydrogens (tertiary/aromatic N) is 1. The fourth-order valence-electron chi connectivity index (χ4n) is 5.24. The lowest BCUT2D eigenvalue weighted by molar-refractivity contribution is -0.666. The fourth-order valence-corrected chi connectivity index (χ4v) is 5.24. The van der Waals surface area contributed by atoms with E-state index in [9.17, 15) is 0 Å². The fraction of sp³-hybridized carbons (Fsp3) is 0.0541. The predicted octanol–water partition coefficient (Wildman–Crippen LogP) is 9.00. The Bertz CT molecular complexity index is 1590. The van der Waals surface area contributed by atoms with E-state index in [1.54, 1.807) is 0 Å². The van der Waals surface area contributed by atoms with Crippen LogP contribution in [0.3, 0.4) is 0 Å². The standard InChI is InChI=1S/C37H30N/c1-28-33(23-14-24-35(28)30-17-8-3-9-18-30)27-38-36(31-19-10-4-11-20-31)25-34(29-15-6-2-7-16-29)26-37(38)32-21-12-5-13-22-32/h2-26H,27H2,1H3/q+1. The lowest BCUT2D eigenvalue weighted by Crippen LogP contribution is -2.40. The summed E-state index contributed by atoms with van der Waals surface area (Å²) in [6.07, 6.45) is 0. The van der Waals surface area contributed by atoms with Crippen LogP contribution in [0.25, 0.3) is 44.8 Å². The number of hydrogen-bond donors (Lipinski definition) is 0. The van der Waals surface area contributed by atoms with E-state index in [0.717, 1.165) is 6.54 Å². The molecule has 0 saturated carbocycles. The van der Waals surface area contributed by atoms with E-state index >= 15 is 0 Å². The summed E-state index contributed by atoms with van der Waals surface area (Å²) in [5.74, 6) is 0. The summed E-state index contributed by atoms with van der Waals surface area (Å²) in [6.45, 7) is 3.02. The highest BCUT2D eigenvalue weighted by Crippen LogP contribution is 2.31. The average molecular weight is 489 g/mol. The Kier molecular flexibility index (Phi) is 6.66. The van der Waals surface area contributed by atoms with Crippen molar-refractivity contribution in [2.45, 2.75) is 13.5 Å². The van der Waals surface area contributed by atoms with E-state index in [1.807, 2.05) is 0 Å². The third kappa shape index (κ3) is 4.79. The molecule has 0 fully saturated rings. The molecule has 0 spiro atoms. The van der Waals surface area contributed by atoms with Gasteiger partial charge in [-0.05, 0) is 59.0 Å². The van der Waals surface area contributed by atoms with Crippen LogP contribution in [0, 0.1) is 6.92 Å². The quantitative estimate of drug-likeness (QED) is 0.206. The van der Waals surface area contributed by atoms with E-state index in [1.165, 1.54) is 55.9 Å². The van der Waals surface area contributed by atoms with Gasteiger partial charge in [0, 0.05) is 28.8 Å². The van der Waals surface area contributed by atoms with Crippen LogP contribution in [0.15, 0.2) is 152 Å². The Morgan fingerprint density at radius 1 is 0.421 bits per heavy atom. The minimum absolute atomic E-state index is 0.774. The van der Waals surface area contributed by atoms with Gasteiger partial charge in [-0.15, -0.1) is 0 Å². The molecule has 6 rings (SSSR count). The van der Waals surface area contributed by atoms with Crippen molar-refractivity contribution < 1.29 is 4.57 Å². The van der Waals surface area contributed by atoms with E-state index in [-0.39, 0.29) is 0 Å². The van der Waals surface area contributed by atoms with Gasteiger partial charge in [0.15, 0.2) is 6.54 Å². The van der Waals surface area contributed by atoms with E-state index in [4.69, 9.17) is 0 Å². The second-order valence-corrected chi connectivity index (χ2v) is 9.65. The molecule has 5 aromatic carbocycles. The first-order valence-corrected chi connectivity index (χ1v) is 13.2. The molecule has 0 radical (unpaired) electrons. The van der Waals surface area contributed by atoms with Crippen molar-refractivity contribution in [3.63, 3.8) is 0 Å². The van der Waals surface area contributed by atoms with Gasteiger partial charge in [-0.1, -0.05) is 115 Å². The van der Waals surface area contributed by atoms with E-state index in [2.05, 4.69) is 163 Å². The molecule has 0 aliphatic heterocycles. The Balaban J connectivity index is 1.59. The molecule has 1 aromatic heterocycles. The Morgan fingerprint density at radius 3 is 1.37 bits per heavy atom. The normalized spacial score (nSPS) is 10.9. The zero-order chi connectivity index (χ0) is 25.7. The molecular formula is C37H30N+. The molecule has 38 heavy (non-hydrogen) atoms. The lowest BCUT2D eigenvalue weighted by atomic mass is 9.95. The molecule has 0 unspecified atom stereocenters. The van der Waals surface area contributed by atoms with Crippen LogP contribution in [0.2, 0.25) is 0 Å². The van der Waals surface area contributed by atoms with Crippen molar-refractivity contribution in [1.82, 2.24) is 0 Å². The maximum atomic E-state index is 2.48. The molecule has 0 aliphatic rings. The summed E-state index contributed by atoms with van der Waals surface area (Å²) in [5.41, 5.74) is 12.4. The van der Waals surface area contributed by atoms with Gasteiger partial charge in [0.2, 0.25) is 11.4 Å². The van der Waals surface area contributed by atoms with Crippen molar-refractivity contribution in [2.24, 2.45) is 0 Å². The average Bonchev–Trinajstić information content (AvgIpc) is 3.00. The number of pyridine rings is 1. The first-order valence-electron chi connectivity index (χ1n) is 13.2. The number of benzene rings is 5.